The third-order valence-electron chi connectivity index (χ3n) is 3.04. The molecule has 0 unspecified atom stereocenters. The molecule has 1 fully saturated rings. The Bertz CT molecular complexity index is 567. The molecule has 1 aliphatic rings. The summed E-state index contributed by atoms with van der Waals surface area (Å²) in [6.07, 6.45) is -2.36. The minimum Gasteiger partial charge on any atom is -0.394 e. The lowest BCUT2D eigenvalue weighted by molar-refractivity contribution is -0.0987. The van der Waals surface area contributed by atoms with Crippen LogP contribution < -0.4 is 11.2 Å². The van der Waals surface area contributed by atoms with E-state index in [1.165, 1.54) is 6.92 Å². The molecular weight excluding hydrogens is 292 g/mol. The van der Waals surface area contributed by atoms with Crippen LogP contribution in [0.3, 0.4) is 0 Å². The van der Waals surface area contributed by atoms with Gasteiger partial charge in [-0.1, -0.05) is 27.7 Å². The van der Waals surface area contributed by atoms with E-state index in [9.17, 15) is 19.8 Å². The lowest BCUT2D eigenvalue weighted by Crippen LogP contribution is -2.46. The molecule has 4 atom stereocenters. The zero-order chi connectivity index (χ0) is 17.5. The van der Waals surface area contributed by atoms with Gasteiger partial charge in [-0.15, -0.1) is 0 Å². The Hall–Kier alpha value is -1.48. The molecule has 1 aromatic heterocycles. The monoisotopic (exact) mass is 326 g/mol. The average Bonchev–Trinajstić information content (AvgIpc) is 2.74. The number of nitrogens with zero attached hydrogens (tertiary/aromatic N) is 1. The van der Waals surface area contributed by atoms with Crippen LogP contribution in [0.1, 0.15) is 46.6 Å². The molecule has 2 heterocycles. The van der Waals surface area contributed by atoms with Gasteiger partial charge in [0, 0.05) is 18.0 Å². The third kappa shape index (κ3) is 4.04. The number of nitrogens with one attached hydrogen (secondary N) is 1. The van der Waals surface area contributed by atoms with Crippen molar-refractivity contribution in [2.24, 2.45) is 0 Å². The maximum atomic E-state index is 11.6. The van der Waals surface area contributed by atoms with Gasteiger partial charge in [0.2, 0.25) is 0 Å². The summed E-state index contributed by atoms with van der Waals surface area (Å²) >= 11 is 0. The fourth-order valence-corrected chi connectivity index (χ4v) is 2.00. The summed E-state index contributed by atoms with van der Waals surface area (Å²) in [6, 6.07) is 1.10. The zero-order valence-electron chi connectivity index (χ0n) is 13.6. The number of H-pyrrole nitrogens is 1. The summed E-state index contributed by atoms with van der Waals surface area (Å²) in [5, 5.41) is 28.9. The van der Waals surface area contributed by atoms with E-state index in [2.05, 4.69) is 0 Å². The van der Waals surface area contributed by atoms with Gasteiger partial charge >= 0.3 is 5.69 Å². The summed E-state index contributed by atoms with van der Waals surface area (Å²) in [6.45, 7) is 8.79. The summed E-state index contributed by atoms with van der Waals surface area (Å²) in [5.74, 6) is 0. The molecule has 8 heteroatoms. The van der Waals surface area contributed by atoms with Gasteiger partial charge < -0.3 is 20.1 Å². The van der Waals surface area contributed by atoms with E-state index >= 15 is 0 Å². The third-order valence-corrected chi connectivity index (χ3v) is 3.04. The van der Waals surface area contributed by atoms with Crippen molar-refractivity contribution in [1.29, 1.82) is 0 Å². The van der Waals surface area contributed by atoms with E-state index in [0.29, 0.717) is 0 Å². The van der Waals surface area contributed by atoms with E-state index in [1.54, 1.807) is 0 Å². The van der Waals surface area contributed by atoms with E-state index in [-0.39, 0.29) is 5.71 Å². The molecule has 22 heavy (non-hydrogen) atoms. The molecule has 1 saturated heterocycles. The van der Waals surface area contributed by atoms with Gasteiger partial charge in [0.05, 0.1) is 6.61 Å². The van der Waals surface area contributed by atoms with Crippen molar-refractivity contribution in [3.63, 3.8) is 0 Å². The molecule has 8 nitrogen and oxygen atoms in total. The number of aromatic amines is 1. The lowest BCUT2D eigenvalue weighted by atomic mass is 9.96. The van der Waals surface area contributed by atoms with Crippen LogP contribution in [-0.4, -0.2) is 49.3 Å². The Balaban J connectivity index is -0.000000172. The summed E-state index contributed by atoms with van der Waals surface area (Å²) in [5.41, 5.74) is -3.10. The number of aliphatic hydroxyl groups is 3. The molecule has 4 N–H and O–H groups in total. The van der Waals surface area contributed by atoms with E-state index < -0.39 is 41.9 Å². The summed E-state index contributed by atoms with van der Waals surface area (Å²) in [7, 11) is 0. The van der Waals surface area contributed by atoms with Crippen LogP contribution in [-0.2, 0) is 4.74 Å². The van der Waals surface area contributed by atoms with Crippen molar-refractivity contribution < 1.29 is 25.8 Å². The molecule has 0 aliphatic carbocycles. The van der Waals surface area contributed by atoms with Gasteiger partial charge in [-0.3, -0.25) is 14.3 Å². The number of hydrogen-bond donors (Lipinski definition) is 4. The number of rotatable bonds is 2. The first kappa shape index (κ1) is 20.5. The van der Waals surface area contributed by atoms with Crippen molar-refractivity contribution in [3.05, 3.63) is 33.1 Å². The highest BCUT2D eigenvalue weighted by Gasteiger charge is 2.53. The maximum absolute atomic E-state index is 11.6. The number of aliphatic hydroxyl groups excluding tert-OH is 2. The quantitative estimate of drug-likeness (QED) is 0.630. The van der Waals surface area contributed by atoms with Crippen molar-refractivity contribution >= 4 is 0 Å². The van der Waals surface area contributed by atoms with E-state index in [0.717, 1.165) is 16.8 Å². The number of ether oxygens (including phenoxy) is 1. The molecule has 0 spiro atoms. The topological polar surface area (TPSA) is 125 Å². The Kier molecular flexibility index (Phi) is 8.25. The number of hydrogen-bond acceptors (Lipinski definition) is 6. The molecule has 136 valence electrons. The summed E-state index contributed by atoms with van der Waals surface area (Å²) in [4.78, 5) is 24.5. The second-order valence-electron chi connectivity index (χ2n) is 4.40. The molecule has 0 radical (unpaired) electrons. The van der Waals surface area contributed by atoms with Crippen molar-refractivity contribution in [2.45, 2.75) is 58.7 Å². The maximum Gasteiger partial charge on any atom is 0.330 e. The number of aromatic nitrogens is 2. The van der Waals surface area contributed by atoms with Crippen LogP contribution in [0.2, 0.25) is 0 Å². The largest absolute Gasteiger partial charge is 0.394 e. The van der Waals surface area contributed by atoms with Gasteiger partial charge in [0.1, 0.15) is 17.8 Å². The van der Waals surface area contributed by atoms with E-state index in [1.807, 2.05) is 32.7 Å². The van der Waals surface area contributed by atoms with Crippen molar-refractivity contribution in [2.75, 3.05) is 6.61 Å². The fraction of sp³-hybridized carbons (Fsp3) is 0.714. The SMILES string of the molecule is CC.CC.C[C@@]1(O)[C@H](O)[C@@H](CO)O[C@H]1n1ccc(=O)[nH]c1=O.[HH].[HH].[HH].[HH]. The molecule has 1 aliphatic heterocycles. The van der Waals surface area contributed by atoms with Crippen LogP contribution >= 0.6 is 0 Å². The van der Waals surface area contributed by atoms with Gasteiger partial charge in [-0.2, -0.15) is 0 Å². The first-order valence-electron chi connectivity index (χ1n) is 7.36. The van der Waals surface area contributed by atoms with Crippen LogP contribution in [0.5, 0.6) is 0 Å². The second-order valence-corrected chi connectivity index (χ2v) is 4.40. The summed E-state index contributed by atoms with van der Waals surface area (Å²) < 4.78 is 6.19. The molecule has 0 amide bonds. The molecule has 0 bridgehead atoms. The lowest BCUT2D eigenvalue weighted by Gasteiger charge is -2.27. The molecule has 0 aromatic carbocycles. The highest BCUT2D eigenvalue weighted by molar-refractivity contribution is 5.00. The Labute approximate surface area is 134 Å². The zero-order valence-corrected chi connectivity index (χ0v) is 13.6. The van der Waals surface area contributed by atoms with Gasteiger partial charge in [0.15, 0.2) is 6.23 Å². The second kappa shape index (κ2) is 8.84. The highest BCUT2D eigenvalue weighted by atomic mass is 16.6. The first-order valence-corrected chi connectivity index (χ1v) is 7.36. The fourth-order valence-electron chi connectivity index (χ4n) is 2.00. The van der Waals surface area contributed by atoms with Crippen LogP contribution in [0.4, 0.5) is 0 Å². The van der Waals surface area contributed by atoms with Gasteiger partial charge in [-0.05, 0) is 6.92 Å². The predicted molar refractivity (Wildman–Crippen MR) is 90.1 cm³/mol. The first-order chi connectivity index (χ1) is 10.4. The normalized spacial score (nSPS) is 29.9. The van der Waals surface area contributed by atoms with Crippen LogP contribution in [0.25, 0.3) is 0 Å². The van der Waals surface area contributed by atoms with Crippen LogP contribution in [0.15, 0.2) is 21.9 Å². The molecular formula is C14H34N2O6. The van der Waals surface area contributed by atoms with Crippen molar-refractivity contribution in [3.8, 4) is 0 Å². The van der Waals surface area contributed by atoms with Crippen LogP contribution in [0, 0.1) is 0 Å². The highest BCUT2D eigenvalue weighted by Crippen LogP contribution is 2.36. The predicted octanol–water partition coefficient (Wildman–Crippen LogP) is 0.575. The smallest absolute Gasteiger partial charge is 0.330 e. The Morgan fingerprint density at radius 2 is 1.91 bits per heavy atom. The average molecular weight is 326 g/mol. The minimum atomic E-state index is -1.75. The van der Waals surface area contributed by atoms with Gasteiger partial charge in [0.25, 0.3) is 5.56 Å². The van der Waals surface area contributed by atoms with E-state index in [4.69, 9.17) is 9.84 Å². The molecule has 2 rings (SSSR count). The Morgan fingerprint density at radius 1 is 1.36 bits per heavy atom. The van der Waals surface area contributed by atoms with Gasteiger partial charge in [-0.25, -0.2) is 4.79 Å². The molecule has 1 aromatic rings. The molecule has 0 saturated carbocycles. The minimum absolute atomic E-state index is 0. The van der Waals surface area contributed by atoms with Crippen molar-refractivity contribution in [1.82, 2.24) is 9.55 Å². The Morgan fingerprint density at radius 3 is 2.32 bits per heavy atom. The standard InChI is InChI=1S/C10H14N2O6.2C2H6.4H2/c1-10(17)7(15)5(4-13)18-8(10)12-3-2-6(14)11-9(12)16;2*1-2;;;;/h2-3,5,7-8,13,15,17H,4H2,1H3,(H,11,14,16);2*1-2H3;4*1H/t5-,7-,8-,10-;;;;;;/m1....../s1.